The third-order valence-electron chi connectivity index (χ3n) is 3.18. The zero-order valence-electron chi connectivity index (χ0n) is 12.7. The van der Waals surface area contributed by atoms with Crippen LogP contribution in [0.5, 0.6) is 5.75 Å². The molecule has 0 bridgehead atoms. The van der Waals surface area contributed by atoms with Crippen molar-refractivity contribution in [1.82, 2.24) is 4.90 Å². The number of thioether (sulfide) groups is 1. The largest absolute Gasteiger partial charge is 0.506 e. The second-order valence-electron chi connectivity index (χ2n) is 4.81. The number of carbonyl (C=O) groups is 3. The van der Waals surface area contributed by atoms with Gasteiger partial charge in [-0.2, -0.15) is 0 Å². The molecule has 24 heavy (non-hydrogen) atoms. The van der Waals surface area contributed by atoms with E-state index in [1.807, 2.05) is 0 Å². The van der Waals surface area contributed by atoms with Crippen molar-refractivity contribution in [3.8, 4) is 5.75 Å². The van der Waals surface area contributed by atoms with Gasteiger partial charge in [0.2, 0.25) is 0 Å². The smallest absolute Gasteiger partial charge is 0.329 e. The molecule has 0 aliphatic carbocycles. The van der Waals surface area contributed by atoms with Gasteiger partial charge in [0.25, 0.3) is 11.1 Å². The SMILES string of the molecule is CCOC(=O)[C@@H](C)N1C(=O)S/C(=C\c2cc(Br)cc(Cl)c2O)C1=O. The Labute approximate surface area is 155 Å². The summed E-state index contributed by atoms with van der Waals surface area (Å²) < 4.78 is 5.45. The van der Waals surface area contributed by atoms with Crippen molar-refractivity contribution in [2.24, 2.45) is 0 Å². The van der Waals surface area contributed by atoms with Crippen LogP contribution in [0.4, 0.5) is 4.79 Å². The van der Waals surface area contributed by atoms with E-state index in [4.69, 9.17) is 16.3 Å². The number of imide groups is 1. The summed E-state index contributed by atoms with van der Waals surface area (Å²) in [4.78, 5) is 37.2. The fourth-order valence-corrected chi connectivity index (χ4v) is 3.75. The molecular weight excluding hydrogens is 422 g/mol. The van der Waals surface area contributed by atoms with Gasteiger partial charge in [-0.15, -0.1) is 0 Å². The minimum atomic E-state index is -1.02. The van der Waals surface area contributed by atoms with Crippen molar-refractivity contribution < 1.29 is 24.2 Å². The summed E-state index contributed by atoms with van der Waals surface area (Å²) >= 11 is 9.81. The van der Waals surface area contributed by atoms with Gasteiger partial charge in [-0.1, -0.05) is 27.5 Å². The predicted octanol–water partition coefficient (Wildman–Crippen LogP) is 3.80. The molecule has 0 saturated carbocycles. The quantitative estimate of drug-likeness (QED) is 0.573. The zero-order valence-corrected chi connectivity index (χ0v) is 15.9. The fraction of sp³-hybridized carbons (Fsp3) is 0.267. The first kappa shape index (κ1) is 18.8. The van der Waals surface area contributed by atoms with Crippen LogP contribution in [0, 0.1) is 0 Å². The second kappa shape index (κ2) is 7.58. The molecule has 1 heterocycles. The van der Waals surface area contributed by atoms with Crippen molar-refractivity contribution in [3.63, 3.8) is 0 Å². The first-order valence-electron chi connectivity index (χ1n) is 6.88. The summed E-state index contributed by atoms with van der Waals surface area (Å²) in [5.41, 5.74) is 0.281. The van der Waals surface area contributed by atoms with E-state index in [1.165, 1.54) is 19.1 Å². The third-order valence-corrected chi connectivity index (χ3v) is 4.81. The highest BCUT2D eigenvalue weighted by Crippen LogP contribution is 2.38. The molecule has 1 atom stereocenters. The van der Waals surface area contributed by atoms with Crippen LogP contribution in [0.1, 0.15) is 19.4 Å². The minimum Gasteiger partial charge on any atom is -0.506 e. The number of hydrogen-bond acceptors (Lipinski definition) is 6. The molecule has 0 radical (unpaired) electrons. The topological polar surface area (TPSA) is 83.9 Å². The van der Waals surface area contributed by atoms with Crippen LogP contribution in [0.3, 0.4) is 0 Å². The maximum absolute atomic E-state index is 12.4. The summed E-state index contributed by atoms with van der Waals surface area (Å²) in [7, 11) is 0. The molecule has 6 nitrogen and oxygen atoms in total. The molecule has 1 aliphatic heterocycles. The van der Waals surface area contributed by atoms with E-state index in [-0.39, 0.29) is 27.8 Å². The molecule has 0 unspecified atom stereocenters. The highest BCUT2D eigenvalue weighted by Gasteiger charge is 2.41. The number of halogens is 2. The summed E-state index contributed by atoms with van der Waals surface area (Å²) in [6.45, 7) is 3.21. The molecule has 2 amide bonds. The molecule has 9 heteroatoms. The summed E-state index contributed by atoms with van der Waals surface area (Å²) in [5.74, 6) is -1.49. The van der Waals surface area contributed by atoms with Gasteiger partial charge < -0.3 is 9.84 Å². The van der Waals surface area contributed by atoms with Gasteiger partial charge in [0.05, 0.1) is 16.5 Å². The van der Waals surface area contributed by atoms with E-state index in [0.717, 1.165) is 4.90 Å². The van der Waals surface area contributed by atoms with Gasteiger partial charge >= 0.3 is 5.97 Å². The van der Waals surface area contributed by atoms with Crippen LogP contribution >= 0.6 is 39.3 Å². The van der Waals surface area contributed by atoms with Crippen molar-refractivity contribution in [2.45, 2.75) is 19.9 Å². The fourth-order valence-electron chi connectivity index (χ4n) is 2.02. The van der Waals surface area contributed by atoms with Gasteiger partial charge in [-0.3, -0.25) is 14.5 Å². The number of benzene rings is 1. The summed E-state index contributed by atoms with van der Waals surface area (Å²) in [6.07, 6.45) is 1.36. The number of nitrogens with zero attached hydrogens (tertiary/aromatic N) is 1. The van der Waals surface area contributed by atoms with Crippen molar-refractivity contribution in [1.29, 1.82) is 0 Å². The average Bonchev–Trinajstić information content (AvgIpc) is 2.78. The standard InChI is InChI=1S/C15H13BrClNO5S/c1-3-23-14(21)7(2)18-13(20)11(24-15(18)22)5-8-4-9(16)6-10(17)12(8)19/h4-7,19H,3H2,1-2H3/b11-5-/t7-/m1/s1. The van der Waals surface area contributed by atoms with Crippen LogP contribution in [0.2, 0.25) is 5.02 Å². The highest BCUT2D eigenvalue weighted by molar-refractivity contribution is 9.10. The average molecular weight is 435 g/mol. The van der Waals surface area contributed by atoms with Crippen LogP contribution < -0.4 is 0 Å². The van der Waals surface area contributed by atoms with Crippen molar-refractivity contribution in [3.05, 3.63) is 32.1 Å². The van der Waals surface area contributed by atoms with E-state index in [1.54, 1.807) is 13.0 Å². The van der Waals surface area contributed by atoms with Crippen LogP contribution in [-0.2, 0) is 14.3 Å². The zero-order chi connectivity index (χ0) is 18.0. The van der Waals surface area contributed by atoms with E-state index < -0.39 is 23.2 Å². The van der Waals surface area contributed by atoms with Gasteiger partial charge in [-0.05, 0) is 43.8 Å². The molecule has 2 rings (SSSR count). The Balaban J connectivity index is 2.33. The summed E-state index contributed by atoms with van der Waals surface area (Å²) in [5, 5.41) is 9.51. The molecule has 1 aromatic carbocycles. The number of ether oxygens (including phenoxy) is 1. The van der Waals surface area contributed by atoms with E-state index in [2.05, 4.69) is 15.9 Å². The molecule has 1 N–H and O–H groups in total. The first-order valence-corrected chi connectivity index (χ1v) is 8.86. The lowest BCUT2D eigenvalue weighted by Crippen LogP contribution is -2.42. The van der Waals surface area contributed by atoms with Gasteiger partial charge in [0.1, 0.15) is 11.8 Å². The number of phenols is 1. The number of amides is 2. The third kappa shape index (κ3) is 3.76. The maximum Gasteiger partial charge on any atom is 0.329 e. The number of aromatic hydroxyl groups is 1. The number of hydrogen-bond donors (Lipinski definition) is 1. The molecule has 128 valence electrons. The molecule has 0 aromatic heterocycles. The number of esters is 1. The molecule has 1 fully saturated rings. The summed E-state index contributed by atoms with van der Waals surface area (Å²) in [6, 6.07) is 2.04. The molecule has 1 aliphatic rings. The lowest BCUT2D eigenvalue weighted by molar-refractivity contribution is -0.150. The van der Waals surface area contributed by atoms with Gasteiger partial charge in [-0.25, -0.2) is 4.79 Å². The number of rotatable bonds is 4. The normalized spacial score (nSPS) is 17.5. The maximum atomic E-state index is 12.4. The van der Waals surface area contributed by atoms with Gasteiger partial charge in [0.15, 0.2) is 0 Å². The van der Waals surface area contributed by atoms with E-state index in [9.17, 15) is 19.5 Å². The van der Waals surface area contributed by atoms with Crippen LogP contribution in [-0.4, -0.2) is 39.8 Å². The molecule has 0 spiro atoms. The Morgan fingerprint density at radius 3 is 2.79 bits per heavy atom. The van der Waals surface area contributed by atoms with Crippen LogP contribution in [0.25, 0.3) is 6.08 Å². The Morgan fingerprint density at radius 2 is 2.17 bits per heavy atom. The second-order valence-corrected chi connectivity index (χ2v) is 7.12. The highest BCUT2D eigenvalue weighted by atomic mass is 79.9. The van der Waals surface area contributed by atoms with E-state index in [0.29, 0.717) is 16.2 Å². The Hall–Kier alpha value is -1.51. The molecular formula is C15H13BrClNO5S. The molecule has 1 aromatic rings. The van der Waals surface area contributed by atoms with E-state index >= 15 is 0 Å². The number of carbonyl (C=O) groups excluding carboxylic acids is 3. The lowest BCUT2D eigenvalue weighted by Gasteiger charge is -2.19. The Kier molecular flexibility index (Phi) is 5.95. The monoisotopic (exact) mass is 433 g/mol. The van der Waals surface area contributed by atoms with Crippen molar-refractivity contribution in [2.75, 3.05) is 6.61 Å². The minimum absolute atomic E-state index is 0.0839. The van der Waals surface area contributed by atoms with Crippen LogP contribution in [0.15, 0.2) is 21.5 Å². The predicted molar refractivity (Wildman–Crippen MR) is 94.7 cm³/mol. The van der Waals surface area contributed by atoms with Gasteiger partial charge in [0, 0.05) is 10.0 Å². The first-order chi connectivity index (χ1) is 11.3. The Bertz CT molecular complexity index is 752. The number of phenolic OH excluding ortho intramolecular Hbond substituents is 1. The lowest BCUT2D eigenvalue weighted by atomic mass is 10.2. The Morgan fingerprint density at radius 1 is 1.50 bits per heavy atom. The van der Waals surface area contributed by atoms with Crippen molar-refractivity contribution >= 4 is 62.5 Å². The molecule has 1 saturated heterocycles.